The summed E-state index contributed by atoms with van der Waals surface area (Å²) < 4.78 is 42.9. The fourth-order valence-corrected chi connectivity index (χ4v) is 2.46. The van der Waals surface area contributed by atoms with Crippen molar-refractivity contribution < 1.29 is 22.4 Å². The van der Waals surface area contributed by atoms with E-state index in [-0.39, 0.29) is 11.5 Å². The molecule has 0 aromatic heterocycles. The molecule has 0 unspecified atom stereocenters. The normalized spacial score (nSPS) is 15.8. The van der Waals surface area contributed by atoms with Crippen LogP contribution in [-0.2, 0) is 4.65 Å². The van der Waals surface area contributed by atoms with Gasteiger partial charge in [0.1, 0.15) is 5.75 Å². The number of hydrogen-bond donors (Lipinski definition) is 0. The van der Waals surface area contributed by atoms with Crippen molar-refractivity contribution in [3.63, 3.8) is 0 Å². The Kier molecular flexibility index (Phi) is 5.17. The molecule has 6 heteroatoms. The van der Waals surface area contributed by atoms with Crippen LogP contribution in [0.25, 0.3) is 5.76 Å². The van der Waals surface area contributed by atoms with E-state index in [0.29, 0.717) is 23.5 Å². The van der Waals surface area contributed by atoms with Crippen molar-refractivity contribution in [3.8, 4) is 5.75 Å². The quantitative estimate of drug-likeness (QED) is 0.418. The standard InChI is InChI=1S/C19H19BF2O3/c1-2-3-13-23-17-11-9-16(10-12-17)19-14-18(24-20(21,22)25-19)15-7-5-4-6-8-15/h4-12,14H,2-3,13H2,1H3. The van der Waals surface area contributed by atoms with E-state index in [2.05, 4.69) is 6.92 Å². The van der Waals surface area contributed by atoms with Crippen LogP contribution in [0.4, 0.5) is 8.63 Å². The molecular formula is C19H19BF2O3. The molecule has 0 fully saturated rings. The number of benzene rings is 2. The largest absolute Gasteiger partial charge is 0.995 e. The molecule has 0 atom stereocenters. The van der Waals surface area contributed by atoms with Gasteiger partial charge in [-0.05, 0) is 42.8 Å². The lowest BCUT2D eigenvalue weighted by atomic mass is 10.0. The number of hydrogen-bond acceptors (Lipinski definition) is 2. The Labute approximate surface area is 145 Å². The van der Waals surface area contributed by atoms with E-state index in [4.69, 9.17) is 13.7 Å². The van der Waals surface area contributed by atoms with Crippen LogP contribution >= 0.6 is 0 Å². The van der Waals surface area contributed by atoms with Gasteiger partial charge in [-0.1, -0.05) is 31.5 Å². The summed E-state index contributed by atoms with van der Waals surface area (Å²) in [5.74, 6) is 0.875. The molecule has 0 radical (unpaired) electrons. The van der Waals surface area contributed by atoms with E-state index < -0.39 is 7.11 Å². The number of unbranched alkanes of at least 4 members (excludes halogenated alkanes) is 1. The number of ketones is 1. The SMILES string of the molecule is CCCCOc1ccc(C2=CC(c3ccccc3)=[O+][B-](F)(F)O2)cc1. The summed E-state index contributed by atoms with van der Waals surface area (Å²) in [6, 6.07) is 15.7. The molecule has 1 heterocycles. The maximum Gasteiger partial charge on any atom is 0.995 e. The monoisotopic (exact) mass is 344 g/mol. The Morgan fingerprint density at radius 1 is 1.00 bits per heavy atom. The third-order valence-corrected chi connectivity index (χ3v) is 3.75. The molecule has 25 heavy (non-hydrogen) atoms. The summed E-state index contributed by atoms with van der Waals surface area (Å²) >= 11 is 0. The first kappa shape index (κ1) is 17.2. The predicted octanol–water partition coefficient (Wildman–Crippen LogP) is 5.03. The van der Waals surface area contributed by atoms with Gasteiger partial charge in [-0.25, -0.2) is 0 Å². The maximum atomic E-state index is 13.9. The molecular weight excluding hydrogens is 325 g/mol. The van der Waals surface area contributed by atoms with Crippen molar-refractivity contribution in [2.45, 2.75) is 19.8 Å². The van der Waals surface area contributed by atoms with Crippen molar-refractivity contribution in [2.75, 3.05) is 6.61 Å². The van der Waals surface area contributed by atoms with Gasteiger partial charge in [0, 0.05) is 5.56 Å². The first-order valence-corrected chi connectivity index (χ1v) is 8.33. The molecule has 0 saturated heterocycles. The number of ether oxygens (including phenoxy) is 1. The maximum absolute atomic E-state index is 13.9. The lowest BCUT2D eigenvalue weighted by molar-refractivity contribution is -0.183. The molecule has 3 nitrogen and oxygen atoms in total. The van der Waals surface area contributed by atoms with Gasteiger partial charge in [-0.2, -0.15) is 0 Å². The van der Waals surface area contributed by atoms with E-state index >= 15 is 0 Å². The van der Waals surface area contributed by atoms with Crippen molar-refractivity contribution in [3.05, 3.63) is 71.8 Å². The molecule has 2 aromatic rings. The van der Waals surface area contributed by atoms with Crippen molar-refractivity contribution in [1.82, 2.24) is 0 Å². The van der Waals surface area contributed by atoms with Gasteiger partial charge in [0.2, 0.25) is 0 Å². The first-order chi connectivity index (χ1) is 12.1. The number of carbonyl (C=O) groups excluding carboxylic acids is 1. The Morgan fingerprint density at radius 3 is 2.40 bits per heavy atom. The van der Waals surface area contributed by atoms with Crippen molar-refractivity contribution >= 4 is 18.6 Å². The summed E-state index contributed by atoms with van der Waals surface area (Å²) in [6.45, 7) is 2.72. The highest BCUT2D eigenvalue weighted by molar-refractivity contribution is 6.52. The van der Waals surface area contributed by atoms with Gasteiger partial charge in [0.05, 0.1) is 24.0 Å². The summed E-state index contributed by atoms with van der Waals surface area (Å²) in [5, 5.41) is 0. The van der Waals surface area contributed by atoms with Crippen LogP contribution in [-0.4, -0.2) is 19.5 Å². The second-order valence-electron chi connectivity index (χ2n) is 5.74. The minimum Gasteiger partial charge on any atom is -0.569 e. The molecule has 3 rings (SSSR count). The predicted molar refractivity (Wildman–Crippen MR) is 94.6 cm³/mol. The minimum absolute atomic E-state index is 0.0789. The molecule has 0 N–H and O–H groups in total. The van der Waals surface area contributed by atoms with Crippen LogP contribution in [0.15, 0.2) is 60.7 Å². The summed E-state index contributed by atoms with van der Waals surface area (Å²) in [5.41, 5.74) is 1.12. The summed E-state index contributed by atoms with van der Waals surface area (Å²) in [4.78, 5) is 0. The number of halogens is 2. The van der Waals surface area contributed by atoms with Crippen LogP contribution in [0.3, 0.4) is 0 Å². The topological polar surface area (TPSA) is 29.8 Å². The zero-order chi connectivity index (χ0) is 17.7. The lowest BCUT2D eigenvalue weighted by Gasteiger charge is -2.20. The molecule has 1 aliphatic rings. The van der Waals surface area contributed by atoms with Crippen LogP contribution in [0, 0.1) is 0 Å². The molecule has 0 bridgehead atoms. The lowest BCUT2D eigenvalue weighted by Crippen LogP contribution is -2.30. The zero-order valence-corrected chi connectivity index (χ0v) is 14.0. The smallest absolute Gasteiger partial charge is 0.569 e. The molecule has 0 spiro atoms. The summed E-state index contributed by atoms with van der Waals surface area (Å²) in [6.07, 6.45) is 3.51. The van der Waals surface area contributed by atoms with Crippen LogP contribution < -0.4 is 4.74 Å². The van der Waals surface area contributed by atoms with E-state index in [1.165, 1.54) is 6.08 Å². The molecule has 2 aromatic carbocycles. The molecule has 0 aliphatic carbocycles. The fourth-order valence-electron chi connectivity index (χ4n) is 2.46. The van der Waals surface area contributed by atoms with E-state index in [0.717, 1.165) is 12.8 Å². The van der Waals surface area contributed by atoms with Gasteiger partial charge < -0.3 is 22.4 Å². The molecule has 1 aliphatic heterocycles. The van der Waals surface area contributed by atoms with E-state index in [1.54, 1.807) is 48.5 Å². The van der Waals surface area contributed by atoms with Crippen molar-refractivity contribution in [2.24, 2.45) is 0 Å². The van der Waals surface area contributed by atoms with Crippen LogP contribution in [0.5, 0.6) is 5.75 Å². The van der Waals surface area contributed by atoms with Crippen LogP contribution in [0.2, 0.25) is 0 Å². The van der Waals surface area contributed by atoms with Crippen LogP contribution in [0.1, 0.15) is 35.2 Å². The van der Waals surface area contributed by atoms with Gasteiger partial charge in [-0.3, -0.25) is 0 Å². The third-order valence-electron chi connectivity index (χ3n) is 3.75. The Balaban J connectivity index is 1.83. The van der Waals surface area contributed by atoms with Gasteiger partial charge in [0.15, 0.2) is 0 Å². The summed E-state index contributed by atoms with van der Waals surface area (Å²) in [7, 11) is -4.41. The minimum atomic E-state index is -4.41. The van der Waals surface area contributed by atoms with Gasteiger partial charge >= 0.3 is 7.11 Å². The number of rotatable bonds is 6. The Morgan fingerprint density at radius 2 is 1.72 bits per heavy atom. The first-order valence-electron chi connectivity index (χ1n) is 8.33. The second-order valence-corrected chi connectivity index (χ2v) is 5.74. The average molecular weight is 344 g/mol. The fraction of sp³-hybridized carbons (Fsp3) is 0.211. The highest BCUT2D eigenvalue weighted by atomic mass is 19.3. The van der Waals surface area contributed by atoms with Crippen molar-refractivity contribution in [1.29, 1.82) is 0 Å². The Hall–Kier alpha value is -2.63. The molecule has 0 saturated carbocycles. The van der Waals surface area contributed by atoms with Gasteiger partial charge in [-0.15, -0.1) is 0 Å². The highest BCUT2D eigenvalue weighted by Gasteiger charge is 2.53. The highest BCUT2D eigenvalue weighted by Crippen LogP contribution is 2.29. The third kappa shape index (κ3) is 4.47. The second kappa shape index (κ2) is 7.51. The number of allylic oxidation sites excluding steroid dienone is 1. The van der Waals surface area contributed by atoms with Gasteiger partial charge in [0.25, 0.3) is 5.78 Å². The molecule has 130 valence electrons. The van der Waals surface area contributed by atoms with E-state index in [9.17, 15) is 8.63 Å². The molecule has 0 amide bonds. The zero-order valence-electron chi connectivity index (χ0n) is 14.0. The van der Waals surface area contributed by atoms with E-state index in [1.807, 2.05) is 6.07 Å². The average Bonchev–Trinajstić information content (AvgIpc) is 2.62. The Bertz CT molecular complexity index is 771.